The summed E-state index contributed by atoms with van der Waals surface area (Å²) in [5.41, 5.74) is 0. The van der Waals surface area contributed by atoms with Crippen LogP contribution in [0.15, 0.2) is 0 Å². The minimum atomic E-state index is -0.719. The molecular weight excluding hydrogens is 156 g/mol. The van der Waals surface area contributed by atoms with Crippen molar-refractivity contribution in [3.8, 4) is 0 Å². The van der Waals surface area contributed by atoms with Gasteiger partial charge >= 0.3 is 5.97 Å². The number of aliphatic carboxylic acids is 1. The van der Waals surface area contributed by atoms with Crippen molar-refractivity contribution >= 4 is 5.97 Å². The van der Waals surface area contributed by atoms with Crippen LogP contribution in [0.25, 0.3) is 0 Å². The molecule has 2 bridgehead atoms. The van der Waals surface area contributed by atoms with Gasteiger partial charge in [-0.15, -0.1) is 0 Å². The first kappa shape index (κ1) is 8.05. The van der Waals surface area contributed by atoms with Crippen molar-refractivity contribution in [3.63, 3.8) is 0 Å². The molecule has 68 valence electrons. The van der Waals surface area contributed by atoms with Gasteiger partial charge < -0.3 is 10.2 Å². The van der Waals surface area contributed by atoms with Gasteiger partial charge in [-0.25, -0.2) is 0 Å². The summed E-state index contributed by atoms with van der Waals surface area (Å²) in [5.74, 6) is -0.491. The molecule has 0 unspecified atom stereocenters. The van der Waals surface area contributed by atoms with Crippen LogP contribution in [0.1, 0.15) is 25.7 Å². The average Bonchev–Trinajstić information content (AvgIpc) is 2.04. The number of carboxylic acid groups (broad SMARTS) is 1. The van der Waals surface area contributed by atoms with Gasteiger partial charge in [0.15, 0.2) is 0 Å². The van der Waals surface area contributed by atoms with Gasteiger partial charge in [0.25, 0.3) is 0 Å². The van der Waals surface area contributed by atoms with Crippen molar-refractivity contribution in [3.05, 3.63) is 0 Å². The summed E-state index contributed by atoms with van der Waals surface area (Å²) in [6.07, 6.45) is 3.29. The van der Waals surface area contributed by atoms with Crippen LogP contribution in [0, 0.1) is 17.8 Å². The van der Waals surface area contributed by atoms with E-state index in [1.165, 1.54) is 0 Å². The van der Waals surface area contributed by atoms with Crippen LogP contribution in [0.5, 0.6) is 0 Å². The van der Waals surface area contributed by atoms with Crippen LogP contribution < -0.4 is 0 Å². The molecule has 0 heterocycles. The number of rotatable bonds is 1. The van der Waals surface area contributed by atoms with Gasteiger partial charge in [0.2, 0.25) is 0 Å². The minimum Gasteiger partial charge on any atom is -0.481 e. The fourth-order valence-corrected chi connectivity index (χ4v) is 2.76. The van der Waals surface area contributed by atoms with Gasteiger partial charge in [-0.05, 0) is 37.5 Å². The fourth-order valence-electron chi connectivity index (χ4n) is 2.76. The Balaban J connectivity index is 2.14. The van der Waals surface area contributed by atoms with E-state index in [0.29, 0.717) is 5.92 Å². The lowest BCUT2D eigenvalue weighted by Gasteiger charge is -2.43. The van der Waals surface area contributed by atoms with E-state index in [1.807, 2.05) is 0 Å². The molecule has 0 spiro atoms. The molecule has 3 rings (SSSR count). The molecule has 0 aromatic rings. The molecule has 3 heteroatoms. The Labute approximate surface area is 71.4 Å². The Bertz CT molecular complexity index is 202. The van der Waals surface area contributed by atoms with Crippen molar-refractivity contribution in [2.75, 3.05) is 0 Å². The Morgan fingerprint density at radius 3 is 2.42 bits per heavy atom. The second-order valence-electron chi connectivity index (χ2n) is 4.09. The molecule has 3 nitrogen and oxygen atoms in total. The third-order valence-electron chi connectivity index (χ3n) is 3.40. The Hall–Kier alpha value is -0.570. The number of aliphatic hydroxyl groups is 1. The van der Waals surface area contributed by atoms with Gasteiger partial charge in [-0.3, -0.25) is 4.79 Å². The zero-order valence-corrected chi connectivity index (χ0v) is 6.94. The summed E-state index contributed by atoms with van der Waals surface area (Å²) in [4.78, 5) is 10.8. The smallest absolute Gasteiger partial charge is 0.306 e. The number of carboxylic acids is 1. The van der Waals surface area contributed by atoms with Gasteiger partial charge in [-0.2, -0.15) is 0 Å². The SMILES string of the molecule is O=C(O)[C@H]1C[C@H]2CC[C@H]1[C@H](O)C2. The monoisotopic (exact) mass is 170 g/mol. The van der Waals surface area contributed by atoms with E-state index in [1.54, 1.807) is 0 Å². The maximum atomic E-state index is 10.8. The number of aliphatic hydroxyl groups excluding tert-OH is 1. The van der Waals surface area contributed by atoms with Crippen molar-refractivity contribution in [2.45, 2.75) is 31.8 Å². The van der Waals surface area contributed by atoms with Crippen LogP contribution in [0.2, 0.25) is 0 Å². The molecule has 0 saturated heterocycles. The Kier molecular flexibility index (Phi) is 1.83. The third-order valence-corrected chi connectivity index (χ3v) is 3.40. The quantitative estimate of drug-likeness (QED) is 0.614. The van der Waals surface area contributed by atoms with E-state index < -0.39 is 5.97 Å². The zero-order valence-electron chi connectivity index (χ0n) is 6.94. The maximum absolute atomic E-state index is 10.8. The van der Waals surface area contributed by atoms with Crippen LogP contribution in [-0.4, -0.2) is 22.3 Å². The highest BCUT2D eigenvalue weighted by molar-refractivity contribution is 5.70. The van der Waals surface area contributed by atoms with Crippen molar-refractivity contribution in [2.24, 2.45) is 17.8 Å². The van der Waals surface area contributed by atoms with E-state index in [-0.39, 0.29) is 17.9 Å². The van der Waals surface area contributed by atoms with Crippen LogP contribution in [-0.2, 0) is 4.79 Å². The van der Waals surface area contributed by atoms with E-state index in [2.05, 4.69) is 0 Å². The molecule has 0 amide bonds. The molecule has 0 aromatic heterocycles. The Morgan fingerprint density at radius 2 is 2.00 bits per heavy atom. The van der Waals surface area contributed by atoms with Crippen LogP contribution >= 0.6 is 0 Å². The van der Waals surface area contributed by atoms with E-state index in [4.69, 9.17) is 5.11 Å². The highest BCUT2D eigenvalue weighted by Crippen LogP contribution is 2.45. The largest absolute Gasteiger partial charge is 0.481 e. The summed E-state index contributed by atoms with van der Waals surface area (Å²) in [6, 6.07) is 0. The first-order valence-corrected chi connectivity index (χ1v) is 4.59. The average molecular weight is 170 g/mol. The van der Waals surface area contributed by atoms with Crippen LogP contribution in [0.4, 0.5) is 0 Å². The summed E-state index contributed by atoms with van der Waals surface area (Å²) in [5, 5.41) is 18.4. The van der Waals surface area contributed by atoms with Crippen molar-refractivity contribution in [1.82, 2.24) is 0 Å². The molecule has 4 atom stereocenters. The number of carbonyl (C=O) groups is 1. The highest BCUT2D eigenvalue weighted by Gasteiger charge is 2.44. The highest BCUT2D eigenvalue weighted by atomic mass is 16.4. The molecule has 3 fully saturated rings. The van der Waals surface area contributed by atoms with Crippen molar-refractivity contribution in [1.29, 1.82) is 0 Å². The summed E-state index contributed by atoms with van der Waals surface area (Å²) < 4.78 is 0. The molecule has 0 aliphatic heterocycles. The minimum absolute atomic E-state index is 0.0347. The first-order chi connectivity index (χ1) is 5.68. The zero-order chi connectivity index (χ0) is 8.72. The molecule has 0 aromatic carbocycles. The first-order valence-electron chi connectivity index (χ1n) is 4.59. The molecule has 12 heavy (non-hydrogen) atoms. The second-order valence-corrected chi connectivity index (χ2v) is 4.09. The topological polar surface area (TPSA) is 57.5 Å². The molecule has 2 N–H and O–H groups in total. The predicted octanol–water partition coefficient (Wildman–Crippen LogP) is 0.868. The van der Waals surface area contributed by atoms with Gasteiger partial charge in [-0.1, -0.05) is 0 Å². The van der Waals surface area contributed by atoms with Gasteiger partial charge in [0, 0.05) is 0 Å². The fraction of sp³-hybridized carbons (Fsp3) is 0.889. The standard InChI is InChI=1S/C9H14O3/c10-8-4-5-1-2-6(8)7(3-5)9(11)12/h5-8,10H,1-4H2,(H,11,12)/t5-,6-,7+,8-/m1/s1. The molecule has 0 radical (unpaired) electrons. The van der Waals surface area contributed by atoms with Crippen LogP contribution in [0.3, 0.4) is 0 Å². The molecule has 3 aliphatic carbocycles. The lowest BCUT2D eigenvalue weighted by atomic mass is 9.63. The van der Waals surface area contributed by atoms with Gasteiger partial charge in [0.05, 0.1) is 12.0 Å². The normalized spacial score (nSPS) is 46.1. The predicted molar refractivity (Wildman–Crippen MR) is 42.6 cm³/mol. The lowest BCUT2D eigenvalue weighted by Crippen LogP contribution is -2.44. The van der Waals surface area contributed by atoms with E-state index in [9.17, 15) is 9.90 Å². The van der Waals surface area contributed by atoms with E-state index in [0.717, 1.165) is 25.7 Å². The Morgan fingerprint density at radius 1 is 1.25 bits per heavy atom. The molecular formula is C9H14O3. The molecule has 3 aliphatic rings. The van der Waals surface area contributed by atoms with Gasteiger partial charge in [0.1, 0.15) is 0 Å². The third kappa shape index (κ3) is 1.12. The summed E-state index contributed by atoms with van der Waals surface area (Å²) in [7, 11) is 0. The number of hydrogen-bond acceptors (Lipinski definition) is 2. The molecule has 3 saturated carbocycles. The lowest BCUT2D eigenvalue weighted by molar-refractivity contribution is -0.152. The number of fused-ring (bicyclic) bond motifs is 3. The number of hydrogen-bond donors (Lipinski definition) is 2. The maximum Gasteiger partial charge on any atom is 0.306 e. The second kappa shape index (κ2) is 2.73. The van der Waals surface area contributed by atoms with Crippen molar-refractivity contribution < 1.29 is 15.0 Å². The summed E-state index contributed by atoms with van der Waals surface area (Å²) in [6.45, 7) is 0. The van der Waals surface area contributed by atoms with E-state index >= 15 is 0 Å². The summed E-state index contributed by atoms with van der Waals surface area (Å²) >= 11 is 0.